The first-order valence-corrected chi connectivity index (χ1v) is 10.6. The minimum absolute atomic E-state index is 0.0232. The monoisotopic (exact) mass is 398 g/mol. The Balaban J connectivity index is 1.48. The number of amides is 1. The van der Waals surface area contributed by atoms with Gasteiger partial charge >= 0.3 is 0 Å². The molecule has 4 nitrogen and oxygen atoms in total. The molecule has 2 N–H and O–H groups in total. The number of nitrogens with zero attached hydrogens (tertiary/aromatic N) is 1. The second-order valence-corrected chi connectivity index (χ2v) is 8.34. The molecule has 1 aliphatic carbocycles. The lowest BCUT2D eigenvalue weighted by molar-refractivity contribution is 0.0940. The molecule has 0 saturated carbocycles. The molecule has 152 valence electrons. The van der Waals surface area contributed by atoms with Gasteiger partial charge in [-0.2, -0.15) is 0 Å². The minimum atomic E-state index is -0.490. The van der Waals surface area contributed by atoms with Crippen molar-refractivity contribution in [3.05, 3.63) is 101 Å². The second kappa shape index (κ2) is 7.71. The second-order valence-electron chi connectivity index (χ2n) is 8.34. The predicted molar refractivity (Wildman–Crippen MR) is 119 cm³/mol. The summed E-state index contributed by atoms with van der Waals surface area (Å²) in [6.07, 6.45) is 0.164. The summed E-state index contributed by atoms with van der Waals surface area (Å²) >= 11 is 0. The van der Waals surface area contributed by atoms with Crippen LogP contribution in [0.2, 0.25) is 0 Å². The van der Waals surface area contributed by atoms with Gasteiger partial charge < -0.3 is 15.3 Å². The third-order valence-electron chi connectivity index (χ3n) is 6.46. The molecule has 0 radical (unpaired) electrons. The summed E-state index contributed by atoms with van der Waals surface area (Å²) in [6.45, 7) is 2.75. The molecule has 0 aromatic heterocycles. The Kier molecular flexibility index (Phi) is 4.89. The lowest BCUT2D eigenvalue weighted by atomic mass is 9.79. The molecule has 3 aromatic carbocycles. The molecule has 0 fully saturated rings. The molecule has 30 heavy (non-hydrogen) atoms. The number of hydrogen-bond donors (Lipinski definition) is 2. The normalized spacial score (nSPS) is 23.1. The number of carbonyl (C=O) groups is 1. The van der Waals surface area contributed by atoms with E-state index >= 15 is 0 Å². The Morgan fingerprint density at radius 1 is 1.00 bits per heavy atom. The van der Waals surface area contributed by atoms with E-state index in [0.29, 0.717) is 18.5 Å². The van der Waals surface area contributed by atoms with E-state index in [0.717, 1.165) is 11.3 Å². The third kappa shape index (κ3) is 3.22. The van der Waals surface area contributed by atoms with Crippen LogP contribution in [0.25, 0.3) is 0 Å². The van der Waals surface area contributed by atoms with E-state index in [2.05, 4.69) is 30.4 Å². The number of hydrogen-bond acceptors (Lipinski definition) is 3. The van der Waals surface area contributed by atoms with Crippen molar-refractivity contribution in [2.24, 2.45) is 0 Å². The number of benzene rings is 3. The summed E-state index contributed by atoms with van der Waals surface area (Å²) in [5.74, 6) is 0.194. The van der Waals surface area contributed by atoms with Crippen LogP contribution in [0.15, 0.2) is 78.9 Å². The van der Waals surface area contributed by atoms with Gasteiger partial charge in [-0.05, 0) is 48.2 Å². The third-order valence-corrected chi connectivity index (χ3v) is 6.46. The topological polar surface area (TPSA) is 52.6 Å². The van der Waals surface area contributed by atoms with E-state index in [4.69, 9.17) is 0 Å². The van der Waals surface area contributed by atoms with E-state index in [9.17, 15) is 9.90 Å². The van der Waals surface area contributed by atoms with Crippen molar-refractivity contribution in [1.82, 2.24) is 5.32 Å². The molecule has 0 spiro atoms. The van der Waals surface area contributed by atoms with Crippen molar-refractivity contribution >= 4 is 11.6 Å². The number of aliphatic hydroxyl groups is 1. The molecule has 4 atom stereocenters. The average molecular weight is 399 g/mol. The van der Waals surface area contributed by atoms with E-state index in [1.165, 1.54) is 11.1 Å². The maximum absolute atomic E-state index is 13.2. The van der Waals surface area contributed by atoms with Gasteiger partial charge in [0.15, 0.2) is 0 Å². The molecule has 3 aromatic rings. The molecule has 2 aliphatic rings. The van der Waals surface area contributed by atoms with Gasteiger partial charge in [0.05, 0.1) is 12.1 Å². The number of nitrogens with one attached hydrogen (secondary N) is 1. The fourth-order valence-electron chi connectivity index (χ4n) is 5.00. The SMILES string of the molecule is C[C@H](N[C@H]1c2cccc3c2C(C[C@@H]1O)CN3C(=O)c1ccccc1)c1ccccc1. The van der Waals surface area contributed by atoms with Gasteiger partial charge in [0.2, 0.25) is 0 Å². The number of carbonyl (C=O) groups excluding carboxylic acids is 1. The van der Waals surface area contributed by atoms with Crippen LogP contribution in [0.5, 0.6) is 0 Å². The summed E-state index contributed by atoms with van der Waals surface area (Å²) in [7, 11) is 0. The first-order valence-electron chi connectivity index (χ1n) is 10.6. The van der Waals surface area contributed by atoms with E-state index in [1.807, 2.05) is 65.6 Å². The van der Waals surface area contributed by atoms with Crippen LogP contribution in [-0.2, 0) is 0 Å². The predicted octanol–water partition coefficient (Wildman–Crippen LogP) is 4.59. The van der Waals surface area contributed by atoms with Gasteiger partial charge in [0.1, 0.15) is 0 Å². The Labute approximate surface area is 177 Å². The summed E-state index contributed by atoms with van der Waals surface area (Å²) in [6, 6.07) is 25.8. The zero-order chi connectivity index (χ0) is 20.7. The lowest BCUT2D eigenvalue weighted by Crippen LogP contribution is -2.38. The molecule has 1 amide bonds. The zero-order valence-corrected chi connectivity index (χ0v) is 17.0. The van der Waals surface area contributed by atoms with E-state index in [1.54, 1.807) is 0 Å². The Hall–Kier alpha value is -2.95. The maximum Gasteiger partial charge on any atom is 0.258 e. The van der Waals surface area contributed by atoms with Gasteiger partial charge in [-0.3, -0.25) is 4.79 Å². The highest BCUT2D eigenvalue weighted by Gasteiger charge is 2.42. The highest BCUT2D eigenvalue weighted by Crippen LogP contribution is 2.48. The van der Waals surface area contributed by atoms with Crippen LogP contribution >= 0.6 is 0 Å². The van der Waals surface area contributed by atoms with Crippen LogP contribution in [0.4, 0.5) is 5.69 Å². The highest BCUT2D eigenvalue weighted by molar-refractivity contribution is 6.07. The van der Waals surface area contributed by atoms with Gasteiger partial charge in [0.25, 0.3) is 5.91 Å². The quantitative estimate of drug-likeness (QED) is 0.676. The summed E-state index contributed by atoms with van der Waals surface area (Å²) in [5.41, 5.74) is 5.20. The zero-order valence-electron chi connectivity index (χ0n) is 17.0. The highest BCUT2D eigenvalue weighted by atomic mass is 16.3. The molecule has 0 saturated heterocycles. The van der Waals surface area contributed by atoms with Gasteiger partial charge in [-0.15, -0.1) is 0 Å². The standard InChI is InChI=1S/C26H26N2O2/c1-17(18-9-4-2-5-10-18)27-25-21-13-8-14-22-24(21)20(15-23(25)29)16-28(22)26(30)19-11-6-3-7-12-19/h2-14,17,20,23,25,27,29H,15-16H2,1H3/t17-,20?,23-,25-/m0/s1. The molecular weight excluding hydrogens is 372 g/mol. The summed E-state index contributed by atoms with van der Waals surface area (Å²) < 4.78 is 0. The van der Waals surface area contributed by atoms with Gasteiger partial charge in [-0.25, -0.2) is 0 Å². The number of rotatable bonds is 4. The number of anilines is 1. The number of aliphatic hydroxyl groups excluding tert-OH is 1. The minimum Gasteiger partial charge on any atom is -0.391 e. The molecule has 4 heteroatoms. The Bertz CT molecular complexity index is 1050. The van der Waals surface area contributed by atoms with Crippen LogP contribution in [0.1, 0.15) is 58.4 Å². The smallest absolute Gasteiger partial charge is 0.258 e. The lowest BCUT2D eigenvalue weighted by Gasteiger charge is -2.35. The largest absolute Gasteiger partial charge is 0.391 e. The maximum atomic E-state index is 13.2. The first-order chi connectivity index (χ1) is 14.6. The van der Waals surface area contributed by atoms with Crippen molar-refractivity contribution in [3.63, 3.8) is 0 Å². The fraction of sp³-hybridized carbons (Fsp3) is 0.269. The van der Waals surface area contributed by atoms with Crippen LogP contribution in [0.3, 0.4) is 0 Å². The molecule has 1 aliphatic heterocycles. The molecule has 5 rings (SSSR count). The molecular formula is C26H26N2O2. The first kappa shape index (κ1) is 19.0. The average Bonchev–Trinajstić information content (AvgIpc) is 3.16. The van der Waals surface area contributed by atoms with Crippen LogP contribution in [-0.4, -0.2) is 23.7 Å². The van der Waals surface area contributed by atoms with Gasteiger partial charge in [-0.1, -0.05) is 60.7 Å². The molecule has 0 bridgehead atoms. The fourth-order valence-corrected chi connectivity index (χ4v) is 5.00. The summed E-state index contributed by atoms with van der Waals surface area (Å²) in [4.78, 5) is 15.1. The van der Waals surface area contributed by atoms with E-state index < -0.39 is 6.10 Å². The van der Waals surface area contributed by atoms with Crippen molar-refractivity contribution in [2.45, 2.75) is 37.5 Å². The molecule has 1 unspecified atom stereocenters. The molecule has 1 heterocycles. The van der Waals surface area contributed by atoms with E-state index in [-0.39, 0.29) is 23.9 Å². The van der Waals surface area contributed by atoms with Crippen molar-refractivity contribution < 1.29 is 9.90 Å². The van der Waals surface area contributed by atoms with Crippen molar-refractivity contribution in [3.8, 4) is 0 Å². The Morgan fingerprint density at radius 3 is 2.43 bits per heavy atom. The Morgan fingerprint density at radius 2 is 1.70 bits per heavy atom. The van der Waals surface area contributed by atoms with Crippen LogP contribution < -0.4 is 10.2 Å². The van der Waals surface area contributed by atoms with Crippen molar-refractivity contribution in [2.75, 3.05) is 11.4 Å². The van der Waals surface area contributed by atoms with Crippen LogP contribution in [0, 0.1) is 0 Å². The summed E-state index contributed by atoms with van der Waals surface area (Å²) in [5, 5.41) is 14.7. The van der Waals surface area contributed by atoms with Crippen molar-refractivity contribution in [1.29, 1.82) is 0 Å². The van der Waals surface area contributed by atoms with Gasteiger partial charge in [0, 0.05) is 29.8 Å².